The van der Waals surface area contributed by atoms with Gasteiger partial charge in [-0.3, -0.25) is 9.59 Å². The van der Waals surface area contributed by atoms with Crippen LogP contribution in [0.15, 0.2) is 0 Å². The third-order valence-electron chi connectivity index (χ3n) is 3.29. The molecule has 4 nitrogen and oxygen atoms in total. The maximum Gasteiger partial charge on any atom is 0.248 e. The Morgan fingerprint density at radius 1 is 1.29 bits per heavy atom. The maximum absolute atomic E-state index is 12.3. The van der Waals surface area contributed by atoms with E-state index in [0.29, 0.717) is 5.92 Å². The Morgan fingerprint density at radius 2 is 1.82 bits per heavy atom. The van der Waals surface area contributed by atoms with Crippen molar-refractivity contribution in [3.8, 4) is 0 Å². The number of carbonyl (C=O) groups is 2. The summed E-state index contributed by atoms with van der Waals surface area (Å²) in [6.45, 7) is 11.6. The van der Waals surface area contributed by atoms with Gasteiger partial charge in [0.2, 0.25) is 11.8 Å². The minimum Gasteiger partial charge on any atom is -0.340 e. The second-order valence-electron chi connectivity index (χ2n) is 5.98. The van der Waals surface area contributed by atoms with Gasteiger partial charge in [-0.25, -0.2) is 0 Å². The van der Waals surface area contributed by atoms with Gasteiger partial charge in [0.25, 0.3) is 0 Å². The molecule has 2 atom stereocenters. The van der Waals surface area contributed by atoms with E-state index in [0.717, 1.165) is 6.42 Å². The van der Waals surface area contributed by atoms with Crippen molar-refractivity contribution >= 4 is 11.8 Å². The van der Waals surface area contributed by atoms with Gasteiger partial charge in [0.1, 0.15) is 11.6 Å². The molecule has 0 bridgehead atoms. The van der Waals surface area contributed by atoms with Gasteiger partial charge in [-0.2, -0.15) is 0 Å². The van der Waals surface area contributed by atoms with E-state index in [4.69, 9.17) is 0 Å². The highest BCUT2D eigenvalue weighted by molar-refractivity contribution is 5.99. The average Bonchev–Trinajstić information content (AvgIpc) is 2.13. The Balaban J connectivity index is 2.93. The van der Waals surface area contributed by atoms with Crippen molar-refractivity contribution in [3.05, 3.63) is 0 Å². The summed E-state index contributed by atoms with van der Waals surface area (Å²) in [7, 11) is 0. The van der Waals surface area contributed by atoms with E-state index in [1.54, 1.807) is 25.7 Å². The summed E-state index contributed by atoms with van der Waals surface area (Å²) in [6.07, 6.45) is 0.916. The molecular weight excluding hydrogens is 216 g/mol. The quantitative estimate of drug-likeness (QED) is 0.813. The lowest BCUT2D eigenvalue weighted by atomic mass is 9.93. The molecule has 17 heavy (non-hydrogen) atoms. The third-order valence-corrected chi connectivity index (χ3v) is 3.29. The minimum absolute atomic E-state index is 0.0118. The van der Waals surface area contributed by atoms with Crippen LogP contribution in [-0.4, -0.2) is 34.3 Å². The van der Waals surface area contributed by atoms with Crippen LogP contribution >= 0.6 is 0 Å². The molecule has 1 rings (SSSR count). The first kappa shape index (κ1) is 14.0. The lowest BCUT2D eigenvalue weighted by Crippen LogP contribution is -2.69. The standard InChI is InChI=1S/C13H24N2O2/c1-8(2)7-9(3)15-10(4)11(16)14-13(5,6)12(15)17/h8-10H,7H2,1-6H3,(H,14,16). The zero-order chi connectivity index (χ0) is 13.4. The number of nitrogens with zero attached hydrogens (tertiary/aromatic N) is 1. The van der Waals surface area contributed by atoms with Crippen LogP contribution in [0.25, 0.3) is 0 Å². The average molecular weight is 240 g/mol. The molecule has 1 N–H and O–H groups in total. The number of carbonyl (C=O) groups excluding carboxylic acids is 2. The summed E-state index contributed by atoms with van der Waals surface area (Å²) in [5.41, 5.74) is -0.783. The molecule has 0 aromatic rings. The third kappa shape index (κ3) is 2.79. The molecule has 0 aliphatic carbocycles. The van der Waals surface area contributed by atoms with Crippen LogP contribution < -0.4 is 5.32 Å². The van der Waals surface area contributed by atoms with Crippen LogP contribution in [0.4, 0.5) is 0 Å². The fraction of sp³-hybridized carbons (Fsp3) is 0.846. The van der Waals surface area contributed by atoms with Gasteiger partial charge in [-0.1, -0.05) is 13.8 Å². The Bertz CT molecular complexity index is 323. The molecule has 98 valence electrons. The first-order valence-electron chi connectivity index (χ1n) is 6.31. The Kier molecular flexibility index (Phi) is 3.84. The highest BCUT2D eigenvalue weighted by Gasteiger charge is 2.44. The first-order valence-corrected chi connectivity index (χ1v) is 6.31. The Morgan fingerprint density at radius 3 is 2.29 bits per heavy atom. The van der Waals surface area contributed by atoms with E-state index in [1.165, 1.54) is 0 Å². The van der Waals surface area contributed by atoms with Gasteiger partial charge in [0.05, 0.1) is 0 Å². The van der Waals surface area contributed by atoms with Crippen molar-refractivity contribution in [3.63, 3.8) is 0 Å². The number of nitrogens with one attached hydrogen (secondary N) is 1. The number of piperazine rings is 1. The second-order valence-corrected chi connectivity index (χ2v) is 5.98. The maximum atomic E-state index is 12.3. The molecule has 0 spiro atoms. The molecule has 1 saturated heterocycles. The Hall–Kier alpha value is -1.06. The molecule has 1 heterocycles. The van der Waals surface area contributed by atoms with Crippen LogP contribution in [-0.2, 0) is 9.59 Å². The number of hydrogen-bond acceptors (Lipinski definition) is 2. The van der Waals surface area contributed by atoms with Gasteiger partial charge in [-0.05, 0) is 40.0 Å². The summed E-state index contributed by atoms with van der Waals surface area (Å²) in [5.74, 6) is 0.459. The predicted octanol–water partition coefficient (Wildman–Crippen LogP) is 1.55. The molecule has 4 heteroatoms. The topological polar surface area (TPSA) is 49.4 Å². The largest absolute Gasteiger partial charge is 0.340 e. The molecule has 1 aliphatic rings. The lowest BCUT2D eigenvalue weighted by Gasteiger charge is -2.44. The fourth-order valence-corrected chi connectivity index (χ4v) is 2.47. The molecule has 0 aromatic carbocycles. The van der Waals surface area contributed by atoms with E-state index >= 15 is 0 Å². The van der Waals surface area contributed by atoms with E-state index in [-0.39, 0.29) is 23.9 Å². The Labute approximate surface area is 104 Å². The molecule has 0 aromatic heterocycles. The van der Waals surface area contributed by atoms with Gasteiger partial charge in [-0.15, -0.1) is 0 Å². The zero-order valence-electron chi connectivity index (χ0n) is 11.7. The van der Waals surface area contributed by atoms with Gasteiger partial charge < -0.3 is 10.2 Å². The van der Waals surface area contributed by atoms with E-state index in [2.05, 4.69) is 19.2 Å². The van der Waals surface area contributed by atoms with Crippen molar-refractivity contribution in [1.29, 1.82) is 0 Å². The molecule has 0 saturated carbocycles. The second kappa shape index (κ2) is 4.67. The van der Waals surface area contributed by atoms with Crippen LogP contribution in [0, 0.1) is 5.92 Å². The van der Waals surface area contributed by atoms with E-state index in [9.17, 15) is 9.59 Å². The zero-order valence-corrected chi connectivity index (χ0v) is 11.7. The highest BCUT2D eigenvalue weighted by Crippen LogP contribution is 2.23. The summed E-state index contributed by atoms with van der Waals surface area (Å²) >= 11 is 0. The van der Waals surface area contributed by atoms with E-state index < -0.39 is 5.54 Å². The van der Waals surface area contributed by atoms with Crippen molar-refractivity contribution in [2.24, 2.45) is 5.92 Å². The van der Waals surface area contributed by atoms with Crippen LogP contribution in [0.1, 0.15) is 48.0 Å². The highest BCUT2D eigenvalue weighted by atomic mass is 16.2. The summed E-state index contributed by atoms with van der Waals surface area (Å²) in [6, 6.07) is -0.271. The number of hydrogen-bond donors (Lipinski definition) is 1. The van der Waals surface area contributed by atoms with Crippen molar-refractivity contribution < 1.29 is 9.59 Å². The van der Waals surface area contributed by atoms with Crippen LogP contribution in [0.2, 0.25) is 0 Å². The van der Waals surface area contributed by atoms with E-state index in [1.807, 2.05) is 6.92 Å². The fourth-order valence-electron chi connectivity index (χ4n) is 2.47. The van der Waals surface area contributed by atoms with Gasteiger partial charge >= 0.3 is 0 Å². The van der Waals surface area contributed by atoms with Crippen molar-refractivity contribution in [1.82, 2.24) is 10.2 Å². The molecule has 2 amide bonds. The smallest absolute Gasteiger partial charge is 0.248 e. The monoisotopic (exact) mass is 240 g/mol. The molecular formula is C13H24N2O2. The van der Waals surface area contributed by atoms with Gasteiger partial charge in [0.15, 0.2) is 0 Å². The molecule has 2 unspecified atom stereocenters. The summed E-state index contributed by atoms with van der Waals surface area (Å²) < 4.78 is 0. The summed E-state index contributed by atoms with van der Waals surface area (Å²) in [4.78, 5) is 25.9. The van der Waals surface area contributed by atoms with Crippen LogP contribution in [0.5, 0.6) is 0 Å². The van der Waals surface area contributed by atoms with Gasteiger partial charge in [0, 0.05) is 6.04 Å². The minimum atomic E-state index is -0.783. The predicted molar refractivity (Wildman–Crippen MR) is 67.4 cm³/mol. The molecule has 1 fully saturated rings. The van der Waals surface area contributed by atoms with Crippen molar-refractivity contribution in [2.75, 3.05) is 0 Å². The summed E-state index contributed by atoms with van der Waals surface area (Å²) in [5, 5.41) is 2.76. The van der Waals surface area contributed by atoms with Crippen LogP contribution in [0.3, 0.4) is 0 Å². The number of amides is 2. The molecule has 0 radical (unpaired) electrons. The normalized spacial score (nSPS) is 26.1. The lowest BCUT2D eigenvalue weighted by molar-refractivity contribution is -0.155. The number of rotatable bonds is 3. The van der Waals surface area contributed by atoms with Crippen molar-refractivity contribution in [2.45, 2.75) is 65.6 Å². The molecule has 1 aliphatic heterocycles. The first-order chi connectivity index (χ1) is 7.66. The SMILES string of the molecule is CC(C)CC(C)N1C(=O)C(C)(C)NC(=O)C1C.